The van der Waals surface area contributed by atoms with Crippen molar-refractivity contribution < 1.29 is 22.8 Å². The average Bonchev–Trinajstić information content (AvgIpc) is 2.68. The Labute approximate surface area is 169 Å². The molecule has 2 N–H and O–H groups in total. The second-order valence-electron chi connectivity index (χ2n) is 7.18. The van der Waals surface area contributed by atoms with Crippen LogP contribution in [0.4, 0.5) is 18.9 Å². The van der Waals surface area contributed by atoms with Gasteiger partial charge in [0, 0.05) is 30.5 Å². The summed E-state index contributed by atoms with van der Waals surface area (Å²) < 4.78 is 38.1. The van der Waals surface area contributed by atoms with Gasteiger partial charge in [-0.15, -0.1) is 0 Å². The molecule has 2 rings (SSSR count). The monoisotopic (exact) mass is 405 g/mol. The lowest BCUT2D eigenvalue weighted by molar-refractivity contribution is -0.137. The zero-order chi connectivity index (χ0) is 21.3. The summed E-state index contributed by atoms with van der Waals surface area (Å²) in [7, 11) is 0. The average molecular weight is 405 g/mol. The number of hydrogen-bond acceptors (Lipinski definition) is 3. The predicted molar refractivity (Wildman–Crippen MR) is 108 cm³/mol. The van der Waals surface area contributed by atoms with Crippen molar-refractivity contribution in [3.8, 4) is 0 Å². The normalized spacial score (nSPS) is 11.4. The van der Waals surface area contributed by atoms with Crippen molar-refractivity contribution in [3.05, 3.63) is 65.2 Å². The summed E-state index contributed by atoms with van der Waals surface area (Å²) in [5.41, 5.74) is 6.62. The molecule has 0 saturated carbocycles. The summed E-state index contributed by atoms with van der Waals surface area (Å²) >= 11 is 0. The van der Waals surface area contributed by atoms with Gasteiger partial charge in [0.05, 0.1) is 5.56 Å². The highest BCUT2D eigenvalue weighted by Crippen LogP contribution is 2.29. The third kappa shape index (κ3) is 7.72. The first-order chi connectivity index (χ1) is 13.8. The fourth-order valence-electron chi connectivity index (χ4n) is 3.15. The summed E-state index contributed by atoms with van der Waals surface area (Å²) in [4.78, 5) is 24.1. The molecule has 3 nitrogen and oxygen atoms in total. The van der Waals surface area contributed by atoms with E-state index in [1.54, 1.807) is 6.07 Å². The molecule has 2 aromatic carbocycles. The highest BCUT2D eigenvalue weighted by molar-refractivity contribution is 5.96. The van der Waals surface area contributed by atoms with Gasteiger partial charge < -0.3 is 5.73 Å². The number of Topliss-reactive ketones (excluding diaryl/α,β-unsaturated/α-hetero) is 2. The van der Waals surface area contributed by atoms with Crippen LogP contribution in [0, 0.1) is 0 Å². The first-order valence-electron chi connectivity index (χ1n) is 9.83. The van der Waals surface area contributed by atoms with E-state index in [1.165, 1.54) is 12.1 Å². The zero-order valence-electron chi connectivity index (χ0n) is 16.3. The summed E-state index contributed by atoms with van der Waals surface area (Å²) in [5, 5.41) is 0. The quantitative estimate of drug-likeness (QED) is 0.283. The Bertz CT molecular complexity index is 831. The maximum Gasteiger partial charge on any atom is 0.416 e. The van der Waals surface area contributed by atoms with Gasteiger partial charge in [-0.25, -0.2) is 0 Å². The predicted octanol–water partition coefficient (Wildman–Crippen LogP) is 6.01. The van der Waals surface area contributed by atoms with Crippen molar-refractivity contribution in [1.29, 1.82) is 0 Å². The molecular formula is C23H26F3NO2. The molecule has 0 aliphatic carbocycles. The molecule has 0 spiro atoms. The zero-order valence-corrected chi connectivity index (χ0v) is 16.3. The van der Waals surface area contributed by atoms with Crippen molar-refractivity contribution in [1.82, 2.24) is 0 Å². The lowest BCUT2D eigenvalue weighted by Crippen LogP contribution is -2.07. The molecule has 0 aromatic heterocycles. The number of rotatable bonds is 11. The van der Waals surface area contributed by atoms with Crippen molar-refractivity contribution in [2.45, 2.75) is 57.5 Å². The van der Waals surface area contributed by atoms with E-state index in [9.17, 15) is 22.8 Å². The number of hydrogen-bond donors (Lipinski definition) is 1. The van der Waals surface area contributed by atoms with Crippen LogP contribution >= 0.6 is 0 Å². The highest BCUT2D eigenvalue weighted by Gasteiger charge is 2.30. The van der Waals surface area contributed by atoms with Gasteiger partial charge in [0.2, 0.25) is 0 Å². The van der Waals surface area contributed by atoms with Crippen LogP contribution in [-0.4, -0.2) is 11.6 Å². The van der Waals surface area contributed by atoms with Gasteiger partial charge in [-0.2, -0.15) is 13.2 Å². The highest BCUT2D eigenvalue weighted by atomic mass is 19.4. The molecule has 0 heterocycles. The van der Waals surface area contributed by atoms with Gasteiger partial charge in [0.15, 0.2) is 5.78 Å². The summed E-state index contributed by atoms with van der Waals surface area (Å²) in [6, 6.07) is 11.9. The molecule has 2 aromatic rings. The number of unbranched alkanes of at least 4 members (excludes halogenated alkanes) is 4. The Morgan fingerprint density at radius 2 is 1.48 bits per heavy atom. The molecule has 0 aliphatic heterocycles. The number of halogens is 3. The van der Waals surface area contributed by atoms with Gasteiger partial charge in [-0.1, -0.05) is 49.6 Å². The van der Waals surface area contributed by atoms with Crippen molar-refractivity contribution >= 4 is 17.3 Å². The van der Waals surface area contributed by atoms with Crippen molar-refractivity contribution in [2.24, 2.45) is 0 Å². The largest absolute Gasteiger partial charge is 0.416 e. The molecule has 0 atom stereocenters. The van der Waals surface area contributed by atoms with Crippen LogP contribution in [0.15, 0.2) is 48.5 Å². The number of para-hydroxylation sites is 1. The first-order valence-corrected chi connectivity index (χ1v) is 9.83. The molecule has 29 heavy (non-hydrogen) atoms. The van der Waals surface area contributed by atoms with Crippen LogP contribution in [0.3, 0.4) is 0 Å². The van der Waals surface area contributed by atoms with Gasteiger partial charge in [0.1, 0.15) is 5.78 Å². The van der Waals surface area contributed by atoms with Crippen LogP contribution in [0.1, 0.15) is 66.4 Å². The minimum Gasteiger partial charge on any atom is -0.398 e. The van der Waals surface area contributed by atoms with Gasteiger partial charge in [-0.05, 0) is 36.6 Å². The second-order valence-corrected chi connectivity index (χ2v) is 7.18. The van der Waals surface area contributed by atoms with E-state index >= 15 is 0 Å². The van der Waals surface area contributed by atoms with E-state index in [0.717, 1.165) is 43.4 Å². The molecule has 0 aliphatic rings. The van der Waals surface area contributed by atoms with Gasteiger partial charge in [0.25, 0.3) is 0 Å². The topological polar surface area (TPSA) is 60.2 Å². The molecule has 6 heteroatoms. The Balaban J connectivity index is 1.61. The maximum absolute atomic E-state index is 12.7. The molecule has 0 radical (unpaired) electrons. The van der Waals surface area contributed by atoms with E-state index < -0.39 is 11.7 Å². The van der Waals surface area contributed by atoms with Gasteiger partial charge >= 0.3 is 6.18 Å². The van der Waals surface area contributed by atoms with Crippen molar-refractivity contribution in [2.75, 3.05) is 5.73 Å². The first kappa shape index (κ1) is 22.7. The van der Waals surface area contributed by atoms with E-state index in [1.807, 2.05) is 18.2 Å². The van der Waals surface area contributed by atoms with Crippen LogP contribution in [0.5, 0.6) is 0 Å². The number of benzene rings is 2. The molecular weight excluding hydrogens is 379 g/mol. The van der Waals surface area contributed by atoms with Crippen molar-refractivity contribution in [3.63, 3.8) is 0 Å². The third-order valence-corrected chi connectivity index (χ3v) is 4.81. The SMILES string of the molecule is Nc1ccccc1CC(=O)CCCCCCCC(=O)c1cccc(C(F)(F)F)c1. The minimum absolute atomic E-state index is 0.102. The molecule has 0 amide bonds. The summed E-state index contributed by atoms with van der Waals surface area (Å²) in [6.45, 7) is 0. The van der Waals surface area contributed by atoms with Crippen LogP contribution < -0.4 is 5.73 Å². The maximum atomic E-state index is 12.7. The van der Waals surface area contributed by atoms with Crippen LogP contribution in [0.25, 0.3) is 0 Å². The fourth-order valence-corrected chi connectivity index (χ4v) is 3.15. The summed E-state index contributed by atoms with van der Waals surface area (Å²) in [6.07, 6.45) is 0.620. The Morgan fingerprint density at radius 1 is 0.828 bits per heavy atom. The second kappa shape index (κ2) is 10.8. The van der Waals surface area contributed by atoms with E-state index in [-0.39, 0.29) is 23.6 Å². The Hall–Kier alpha value is -2.63. The number of carbonyl (C=O) groups excluding carboxylic acids is 2. The number of anilines is 1. The molecule has 156 valence electrons. The Morgan fingerprint density at radius 3 is 2.17 bits per heavy atom. The number of carbonyl (C=O) groups is 2. The summed E-state index contributed by atoms with van der Waals surface area (Å²) in [5.74, 6) is -0.116. The lowest BCUT2D eigenvalue weighted by Gasteiger charge is -2.08. The molecule has 0 bridgehead atoms. The standard InChI is InChI=1S/C23H26F3NO2/c24-23(25,26)19-11-8-10-18(15-19)22(29)14-5-3-1-2-4-12-20(28)16-17-9-6-7-13-21(17)27/h6-11,13,15H,1-5,12,14,16,27H2. The number of nitrogen functional groups attached to an aromatic ring is 1. The van der Waals surface area contributed by atoms with Crippen LogP contribution in [-0.2, 0) is 17.4 Å². The number of alkyl halides is 3. The lowest BCUT2D eigenvalue weighted by atomic mass is 10.0. The van der Waals surface area contributed by atoms with E-state index in [0.29, 0.717) is 24.9 Å². The van der Waals surface area contributed by atoms with Crippen LogP contribution in [0.2, 0.25) is 0 Å². The minimum atomic E-state index is -4.44. The number of ketones is 2. The molecule has 0 unspecified atom stereocenters. The van der Waals surface area contributed by atoms with E-state index in [4.69, 9.17) is 5.73 Å². The number of nitrogens with two attached hydrogens (primary N) is 1. The molecule has 0 saturated heterocycles. The van der Waals surface area contributed by atoms with Gasteiger partial charge in [-0.3, -0.25) is 9.59 Å². The van der Waals surface area contributed by atoms with E-state index in [2.05, 4.69) is 0 Å². The smallest absolute Gasteiger partial charge is 0.398 e. The molecule has 0 fully saturated rings. The Kier molecular flexibility index (Phi) is 8.43. The third-order valence-electron chi connectivity index (χ3n) is 4.81. The fraction of sp³-hybridized carbons (Fsp3) is 0.391.